The van der Waals surface area contributed by atoms with Crippen LogP contribution < -0.4 is 0 Å². The lowest BCUT2D eigenvalue weighted by Crippen LogP contribution is -2.33. The Kier molecular flexibility index (Phi) is 7.99. The fourth-order valence-corrected chi connectivity index (χ4v) is 7.33. The maximum Gasteiger partial charge on any atom is 0.164 e. The Morgan fingerprint density at radius 2 is 0.780 bits per heavy atom. The van der Waals surface area contributed by atoms with E-state index in [2.05, 4.69) is 173 Å². The van der Waals surface area contributed by atoms with E-state index >= 15 is 0 Å². The number of hydrogen-bond donors (Lipinski definition) is 0. The fraction of sp³-hybridized carbons (Fsp3) is 0.170. The summed E-state index contributed by atoms with van der Waals surface area (Å²) in [6.45, 7) is 9.46. The normalized spacial score (nSPS) is 14.6. The zero-order valence-corrected chi connectivity index (χ0v) is 29.2. The van der Waals surface area contributed by atoms with Crippen LogP contribution in [-0.2, 0) is 10.8 Å². The van der Waals surface area contributed by atoms with Gasteiger partial charge in [-0.05, 0) is 86.4 Å². The Labute approximate surface area is 295 Å². The van der Waals surface area contributed by atoms with Crippen molar-refractivity contribution in [2.24, 2.45) is 0 Å². The largest absolute Gasteiger partial charge is 0.208 e. The molecule has 0 fully saturated rings. The van der Waals surface area contributed by atoms with Gasteiger partial charge in [-0.15, -0.1) is 0 Å². The highest BCUT2D eigenvalue weighted by Gasteiger charge is 2.37. The van der Waals surface area contributed by atoms with Crippen LogP contribution in [0.4, 0.5) is 0 Å². The molecular weight excluding hydrogens is 607 g/mol. The van der Waals surface area contributed by atoms with E-state index in [0.717, 1.165) is 45.4 Å². The summed E-state index contributed by atoms with van der Waals surface area (Å²) in [5.41, 5.74) is 12.8. The molecule has 1 aliphatic rings. The number of aromatic nitrogens is 3. The molecular formula is C47H41N3. The highest BCUT2D eigenvalue weighted by molar-refractivity contribution is 5.86. The van der Waals surface area contributed by atoms with Crippen LogP contribution in [0.2, 0.25) is 0 Å². The van der Waals surface area contributed by atoms with E-state index < -0.39 is 0 Å². The molecule has 0 N–H and O–H groups in total. The van der Waals surface area contributed by atoms with Crippen LogP contribution in [0.25, 0.3) is 67.5 Å². The second-order valence-electron chi connectivity index (χ2n) is 14.8. The summed E-state index contributed by atoms with van der Waals surface area (Å²) in [4.78, 5) is 15.7. The Morgan fingerprint density at radius 1 is 0.340 bits per heavy atom. The number of rotatable bonds is 6. The third kappa shape index (κ3) is 6.05. The monoisotopic (exact) mass is 647 g/mol. The van der Waals surface area contributed by atoms with Crippen molar-refractivity contribution in [2.75, 3.05) is 0 Å². The molecule has 3 heteroatoms. The van der Waals surface area contributed by atoms with E-state index in [0.29, 0.717) is 17.5 Å². The highest BCUT2D eigenvalue weighted by atomic mass is 15.0. The van der Waals surface area contributed by atoms with E-state index in [9.17, 15) is 0 Å². The minimum atomic E-state index is 0.0700. The highest BCUT2D eigenvalue weighted by Crippen LogP contribution is 2.47. The van der Waals surface area contributed by atoms with E-state index in [4.69, 9.17) is 15.0 Å². The smallest absolute Gasteiger partial charge is 0.164 e. The molecule has 0 aliphatic heterocycles. The van der Waals surface area contributed by atoms with E-state index in [1.165, 1.54) is 28.7 Å². The topological polar surface area (TPSA) is 38.7 Å². The summed E-state index contributed by atoms with van der Waals surface area (Å²) < 4.78 is 0. The molecule has 7 aromatic rings. The van der Waals surface area contributed by atoms with Gasteiger partial charge in [-0.3, -0.25) is 0 Å². The summed E-state index contributed by atoms with van der Waals surface area (Å²) in [5, 5.41) is 0. The van der Waals surface area contributed by atoms with Gasteiger partial charge in [0.2, 0.25) is 0 Å². The molecule has 0 saturated carbocycles. The van der Waals surface area contributed by atoms with Crippen molar-refractivity contribution >= 4 is 0 Å². The van der Waals surface area contributed by atoms with Crippen LogP contribution in [0.15, 0.2) is 152 Å². The second-order valence-corrected chi connectivity index (χ2v) is 14.8. The van der Waals surface area contributed by atoms with Gasteiger partial charge >= 0.3 is 0 Å². The maximum atomic E-state index is 5.26. The molecule has 0 unspecified atom stereocenters. The number of benzene rings is 6. The van der Waals surface area contributed by atoms with Gasteiger partial charge < -0.3 is 0 Å². The Balaban J connectivity index is 1.32. The van der Waals surface area contributed by atoms with Crippen LogP contribution in [0.5, 0.6) is 0 Å². The molecule has 0 radical (unpaired) electrons. The summed E-state index contributed by atoms with van der Waals surface area (Å²) in [6.07, 6.45) is 2.32. The summed E-state index contributed by atoms with van der Waals surface area (Å²) in [5.74, 6) is 2.01. The van der Waals surface area contributed by atoms with Crippen molar-refractivity contribution in [3.05, 3.63) is 163 Å². The van der Waals surface area contributed by atoms with Gasteiger partial charge in [0.25, 0.3) is 0 Å². The first kappa shape index (κ1) is 31.6. The van der Waals surface area contributed by atoms with Crippen molar-refractivity contribution in [3.63, 3.8) is 0 Å². The first-order valence-electron chi connectivity index (χ1n) is 17.6. The van der Waals surface area contributed by atoms with Gasteiger partial charge in [0.1, 0.15) is 0 Å². The Hall–Kier alpha value is -5.67. The van der Waals surface area contributed by atoms with Crippen LogP contribution in [-0.4, -0.2) is 15.0 Å². The summed E-state index contributed by atoms with van der Waals surface area (Å²) in [6, 6.07) is 53.6. The van der Waals surface area contributed by atoms with E-state index in [1.54, 1.807) is 0 Å². The summed E-state index contributed by atoms with van der Waals surface area (Å²) >= 11 is 0. The van der Waals surface area contributed by atoms with E-state index in [-0.39, 0.29) is 10.8 Å². The van der Waals surface area contributed by atoms with Gasteiger partial charge in [-0.25, -0.2) is 15.0 Å². The molecule has 8 rings (SSSR count). The molecule has 0 bridgehead atoms. The average molecular weight is 648 g/mol. The van der Waals surface area contributed by atoms with Gasteiger partial charge in [-0.1, -0.05) is 161 Å². The van der Waals surface area contributed by atoms with E-state index in [1.807, 2.05) is 6.07 Å². The lowest BCUT2D eigenvalue weighted by atomic mass is 9.63. The predicted molar refractivity (Wildman–Crippen MR) is 208 cm³/mol. The SMILES string of the molecule is CC1(C)CCC(C)(C)c2cc(-c3nc(-c4ccc(-c5ccccc5)cc4)nc(-c4ccc(-c5ccccc5)cc4-c4ccccc4)n3)ccc21. The molecule has 0 atom stereocenters. The van der Waals surface area contributed by atoms with Gasteiger partial charge in [0, 0.05) is 16.7 Å². The Morgan fingerprint density at radius 3 is 1.40 bits per heavy atom. The minimum absolute atomic E-state index is 0.0700. The zero-order valence-electron chi connectivity index (χ0n) is 29.2. The molecule has 1 heterocycles. The molecule has 0 amide bonds. The zero-order chi connectivity index (χ0) is 34.3. The Bertz CT molecular complexity index is 2290. The summed E-state index contributed by atoms with van der Waals surface area (Å²) in [7, 11) is 0. The standard InChI is InChI=1S/C47H41N3/c1-46(2)28-29-47(3,4)42-31-38(25-27-41(42)46)44-48-43(36-22-20-34(21-23-36)32-14-8-5-9-15-32)49-45(50-44)39-26-24-37(33-16-10-6-11-17-33)30-40(39)35-18-12-7-13-19-35/h5-27,30-31H,28-29H2,1-4H3. The molecule has 6 aromatic carbocycles. The first-order valence-corrected chi connectivity index (χ1v) is 17.6. The molecule has 0 saturated heterocycles. The molecule has 1 aromatic heterocycles. The van der Waals surface area contributed by atoms with Gasteiger partial charge in [0.05, 0.1) is 0 Å². The molecule has 50 heavy (non-hydrogen) atoms. The fourth-order valence-electron chi connectivity index (χ4n) is 7.33. The number of nitrogens with zero attached hydrogens (tertiary/aromatic N) is 3. The molecule has 0 spiro atoms. The van der Waals surface area contributed by atoms with Crippen molar-refractivity contribution in [2.45, 2.75) is 51.4 Å². The van der Waals surface area contributed by atoms with Crippen LogP contribution >= 0.6 is 0 Å². The van der Waals surface area contributed by atoms with Crippen LogP contribution in [0.3, 0.4) is 0 Å². The second kappa shape index (κ2) is 12.7. The first-order chi connectivity index (χ1) is 24.2. The van der Waals surface area contributed by atoms with Gasteiger partial charge in [-0.2, -0.15) is 0 Å². The number of hydrogen-bond acceptors (Lipinski definition) is 3. The lowest BCUT2D eigenvalue weighted by molar-refractivity contribution is 0.332. The number of fused-ring (bicyclic) bond motifs is 1. The van der Waals surface area contributed by atoms with Gasteiger partial charge in [0.15, 0.2) is 17.5 Å². The quantitative estimate of drug-likeness (QED) is 0.180. The van der Waals surface area contributed by atoms with Crippen LogP contribution in [0.1, 0.15) is 51.7 Å². The van der Waals surface area contributed by atoms with Crippen molar-refractivity contribution in [1.29, 1.82) is 0 Å². The average Bonchev–Trinajstić information content (AvgIpc) is 3.17. The minimum Gasteiger partial charge on any atom is -0.208 e. The van der Waals surface area contributed by atoms with Crippen molar-refractivity contribution < 1.29 is 0 Å². The predicted octanol–water partition coefficient (Wildman–Crippen LogP) is 12.2. The van der Waals surface area contributed by atoms with Crippen LogP contribution in [0, 0.1) is 0 Å². The molecule has 244 valence electrons. The molecule has 3 nitrogen and oxygen atoms in total. The lowest BCUT2D eigenvalue weighted by Gasteiger charge is -2.42. The maximum absolute atomic E-state index is 5.26. The third-order valence-corrected chi connectivity index (χ3v) is 10.4. The van der Waals surface area contributed by atoms with Crippen molar-refractivity contribution in [1.82, 2.24) is 15.0 Å². The molecule has 1 aliphatic carbocycles. The third-order valence-electron chi connectivity index (χ3n) is 10.4. The van der Waals surface area contributed by atoms with Crippen molar-refractivity contribution in [3.8, 4) is 67.5 Å².